The molecule has 6 heteroatoms. The summed E-state index contributed by atoms with van der Waals surface area (Å²) in [6, 6.07) is 8.45. The van der Waals surface area contributed by atoms with E-state index in [0.29, 0.717) is 0 Å². The second-order valence-electron chi connectivity index (χ2n) is 4.75. The van der Waals surface area contributed by atoms with Gasteiger partial charge < -0.3 is 5.32 Å². The van der Waals surface area contributed by atoms with E-state index in [0.717, 1.165) is 33.9 Å². The van der Waals surface area contributed by atoms with Crippen LogP contribution in [0.3, 0.4) is 0 Å². The van der Waals surface area contributed by atoms with E-state index in [-0.39, 0.29) is 6.04 Å². The molecular formula is C15H19BrClN3S. The van der Waals surface area contributed by atoms with Gasteiger partial charge in [0.25, 0.3) is 0 Å². The SMILES string of the molecule is CCCNC(CSc1ccccc1Br)c1c(Cl)cnn1C. The lowest BCUT2D eigenvalue weighted by atomic mass is 10.2. The number of benzene rings is 1. The molecule has 0 saturated carbocycles. The highest BCUT2D eigenvalue weighted by molar-refractivity contribution is 9.10. The fraction of sp³-hybridized carbons (Fsp3) is 0.400. The summed E-state index contributed by atoms with van der Waals surface area (Å²) in [4.78, 5) is 1.24. The van der Waals surface area contributed by atoms with E-state index in [1.165, 1.54) is 4.90 Å². The summed E-state index contributed by atoms with van der Waals surface area (Å²) in [6.45, 7) is 3.12. The number of hydrogen-bond acceptors (Lipinski definition) is 3. The van der Waals surface area contributed by atoms with Crippen LogP contribution in [-0.4, -0.2) is 22.1 Å². The Hall–Kier alpha value is -0.490. The average Bonchev–Trinajstić information content (AvgIpc) is 2.81. The molecular weight excluding hydrogens is 370 g/mol. The maximum Gasteiger partial charge on any atom is 0.0834 e. The molecule has 1 heterocycles. The Morgan fingerprint density at radius 1 is 1.43 bits per heavy atom. The summed E-state index contributed by atoms with van der Waals surface area (Å²) < 4.78 is 2.98. The fourth-order valence-electron chi connectivity index (χ4n) is 2.10. The molecule has 0 radical (unpaired) electrons. The molecule has 21 heavy (non-hydrogen) atoms. The van der Waals surface area contributed by atoms with Gasteiger partial charge in [0, 0.05) is 22.2 Å². The highest BCUT2D eigenvalue weighted by Crippen LogP contribution is 2.32. The number of aromatic nitrogens is 2. The van der Waals surface area contributed by atoms with E-state index in [4.69, 9.17) is 11.6 Å². The Kier molecular flexibility index (Phi) is 6.61. The lowest BCUT2D eigenvalue weighted by molar-refractivity contribution is 0.535. The van der Waals surface area contributed by atoms with E-state index in [1.54, 1.807) is 6.20 Å². The third-order valence-electron chi connectivity index (χ3n) is 3.15. The van der Waals surface area contributed by atoms with Crippen molar-refractivity contribution in [2.24, 2.45) is 7.05 Å². The first-order chi connectivity index (χ1) is 10.1. The van der Waals surface area contributed by atoms with Gasteiger partial charge >= 0.3 is 0 Å². The molecule has 2 rings (SSSR count). The molecule has 0 aliphatic carbocycles. The topological polar surface area (TPSA) is 29.9 Å². The molecule has 3 nitrogen and oxygen atoms in total. The van der Waals surface area contributed by atoms with Crippen molar-refractivity contribution in [3.63, 3.8) is 0 Å². The first-order valence-corrected chi connectivity index (χ1v) is 9.07. The van der Waals surface area contributed by atoms with Crippen LogP contribution >= 0.6 is 39.3 Å². The fourth-order valence-corrected chi connectivity index (χ4v) is 4.03. The number of nitrogens with zero attached hydrogens (tertiary/aromatic N) is 2. The first-order valence-electron chi connectivity index (χ1n) is 6.91. The van der Waals surface area contributed by atoms with Gasteiger partial charge in [-0.05, 0) is 41.0 Å². The van der Waals surface area contributed by atoms with Crippen molar-refractivity contribution in [2.75, 3.05) is 12.3 Å². The van der Waals surface area contributed by atoms with Crippen molar-refractivity contribution in [1.82, 2.24) is 15.1 Å². The Bertz CT molecular complexity index is 569. The van der Waals surface area contributed by atoms with Crippen LogP contribution in [0.1, 0.15) is 25.1 Å². The Labute approximate surface area is 143 Å². The molecule has 0 bridgehead atoms. The molecule has 0 aliphatic rings. The highest BCUT2D eigenvalue weighted by atomic mass is 79.9. The summed E-state index contributed by atoms with van der Waals surface area (Å²) in [7, 11) is 1.94. The van der Waals surface area contributed by atoms with Gasteiger partial charge in [-0.1, -0.05) is 30.7 Å². The molecule has 1 unspecified atom stereocenters. The van der Waals surface area contributed by atoms with Crippen LogP contribution < -0.4 is 5.32 Å². The van der Waals surface area contributed by atoms with Crippen LogP contribution in [-0.2, 0) is 7.05 Å². The van der Waals surface area contributed by atoms with Crippen molar-refractivity contribution in [2.45, 2.75) is 24.3 Å². The van der Waals surface area contributed by atoms with Crippen LogP contribution in [0.25, 0.3) is 0 Å². The zero-order valence-corrected chi connectivity index (χ0v) is 15.3. The lowest BCUT2D eigenvalue weighted by Gasteiger charge is -2.19. The minimum absolute atomic E-state index is 0.182. The van der Waals surface area contributed by atoms with E-state index in [1.807, 2.05) is 29.6 Å². The van der Waals surface area contributed by atoms with Gasteiger partial charge in [-0.25, -0.2) is 0 Å². The normalized spacial score (nSPS) is 12.6. The van der Waals surface area contributed by atoms with Crippen LogP contribution in [0, 0.1) is 0 Å². The first kappa shape index (κ1) is 16.9. The second-order valence-corrected chi connectivity index (χ2v) is 7.07. The molecule has 2 aromatic rings. The molecule has 0 amide bonds. The van der Waals surface area contributed by atoms with Crippen LogP contribution in [0.15, 0.2) is 39.8 Å². The molecule has 0 spiro atoms. The van der Waals surface area contributed by atoms with Gasteiger partial charge in [-0.2, -0.15) is 5.10 Å². The number of rotatable bonds is 7. The Morgan fingerprint density at radius 3 is 2.81 bits per heavy atom. The second kappa shape index (κ2) is 8.22. The highest BCUT2D eigenvalue weighted by Gasteiger charge is 2.19. The van der Waals surface area contributed by atoms with E-state index in [2.05, 4.69) is 51.5 Å². The third-order valence-corrected chi connectivity index (χ3v) is 5.56. The molecule has 1 atom stereocenters. The number of hydrogen-bond donors (Lipinski definition) is 1. The van der Waals surface area contributed by atoms with Crippen LogP contribution in [0.5, 0.6) is 0 Å². The van der Waals surface area contributed by atoms with Gasteiger partial charge in [0.05, 0.1) is 23.0 Å². The van der Waals surface area contributed by atoms with Crippen LogP contribution in [0.4, 0.5) is 0 Å². The van der Waals surface area contributed by atoms with Crippen molar-refractivity contribution < 1.29 is 0 Å². The number of thioether (sulfide) groups is 1. The van der Waals surface area contributed by atoms with Gasteiger partial charge in [0.15, 0.2) is 0 Å². The molecule has 0 saturated heterocycles. The molecule has 114 valence electrons. The van der Waals surface area contributed by atoms with Gasteiger partial charge in [-0.15, -0.1) is 11.8 Å². The molecule has 0 aliphatic heterocycles. The van der Waals surface area contributed by atoms with Crippen molar-refractivity contribution in [3.05, 3.63) is 45.7 Å². The lowest BCUT2D eigenvalue weighted by Crippen LogP contribution is -2.26. The van der Waals surface area contributed by atoms with E-state index < -0.39 is 0 Å². The van der Waals surface area contributed by atoms with Crippen molar-refractivity contribution >= 4 is 39.3 Å². The third kappa shape index (κ3) is 4.49. The molecule has 1 aromatic carbocycles. The monoisotopic (exact) mass is 387 g/mol. The van der Waals surface area contributed by atoms with E-state index >= 15 is 0 Å². The van der Waals surface area contributed by atoms with Crippen molar-refractivity contribution in [3.8, 4) is 0 Å². The van der Waals surface area contributed by atoms with Gasteiger partial charge in [-0.3, -0.25) is 4.68 Å². The molecule has 0 fully saturated rings. The minimum atomic E-state index is 0.182. The summed E-state index contributed by atoms with van der Waals surface area (Å²) in [5.41, 5.74) is 1.05. The largest absolute Gasteiger partial charge is 0.308 e. The Morgan fingerprint density at radius 2 is 2.19 bits per heavy atom. The maximum absolute atomic E-state index is 6.29. The quantitative estimate of drug-likeness (QED) is 0.699. The number of nitrogens with one attached hydrogen (secondary N) is 1. The van der Waals surface area contributed by atoms with Crippen LogP contribution in [0.2, 0.25) is 5.02 Å². The average molecular weight is 389 g/mol. The summed E-state index contributed by atoms with van der Waals surface area (Å²) in [5, 5.41) is 8.53. The summed E-state index contributed by atoms with van der Waals surface area (Å²) in [5.74, 6) is 0.905. The van der Waals surface area contributed by atoms with Gasteiger partial charge in [0.1, 0.15) is 0 Å². The standard InChI is InChI=1S/C15H19BrClN3S/c1-3-8-18-13(15-12(17)9-19-20(15)2)10-21-14-7-5-4-6-11(14)16/h4-7,9,13,18H,3,8,10H2,1-2H3. The predicted molar refractivity (Wildman–Crippen MR) is 94.1 cm³/mol. The predicted octanol–water partition coefficient (Wildman–Crippen LogP) is 4.67. The zero-order chi connectivity index (χ0) is 15.2. The van der Waals surface area contributed by atoms with Crippen molar-refractivity contribution in [1.29, 1.82) is 0 Å². The summed E-state index contributed by atoms with van der Waals surface area (Å²) in [6.07, 6.45) is 2.80. The smallest absolute Gasteiger partial charge is 0.0834 e. The zero-order valence-electron chi connectivity index (χ0n) is 12.1. The minimum Gasteiger partial charge on any atom is -0.308 e. The summed E-state index contributed by atoms with van der Waals surface area (Å²) >= 11 is 11.7. The number of aryl methyl sites for hydroxylation is 1. The molecule has 1 N–H and O–H groups in total. The van der Waals surface area contributed by atoms with E-state index in [9.17, 15) is 0 Å². The maximum atomic E-state index is 6.29. The van der Waals surface area contributed by atoms with Gasteiger partial charge in [0.2, 0.25) is 0 Å². The Balaban J connectivity index is 2.12. The number of halogens is 2. The molecule has 1 aromatic heterocycles.